The molecule has 0 N–H and O–H groups in total. The molecule has 0 radical (unpaired) electrons. The maximum Gasteiger partial charge on any atom is 0.185 e. The Labute approximate surface area is 106 Å². The van der Waals surface area contributed by atoms with Crippen LogP contribution in [0.25, 0.3) is 0 Å². The number of nitriles is 1. The van der Waals surface area contributed by atoms with Gasteiger partial charge in [0.15, 0.2) is 5.69 Å². The summed E-state index contributed by atoms with van der Waals surface area (Å²) in [6.45, 7) is 4.93. The summed E-state index contributed by atoms with van der Waals surface area (Å²) in [6, 6.07) is 9.87. The molecule has 0 amide bonds. The van der Waals surface area contributed by atoms with Gasteiger partial charge in [0.05, 0.1) is 12.2 Å². The van der Waals surface area contributed by atoms with Crippen LogP contribution in [0.5, 0.6) is 5.75 Å². The Balaban J connectivity index is 1.90. The van der Waals surface area contributed by atoms with Gasteiger partial charge in [-0.3, -0.25) is 0 Å². The van der Waals surface area contributed by atoms with Crippen LogP contribution in [0.15, 0.2) is 24.3 Å². The minimum absolute atomic E-state index is 0.366. The van der Waals surface area contributed by atoms with Crippen LogP contribution in [-0.2, 0) is 6.54 Å². The zero-order valence-electron chi connectivity index (χ0n) is 10.4. The van der Waals surface area contributed by atoms with Crippen LogP contribution in [-0.4, -0.2) is 21.6 Å². The van der Waals surface area contributed by atoms with Gasteiger partial charge in [0.2, 0.25) is 0 Å². The zero-order chi connectivity index (χ0) is 13.0. The molecule has 5 heteroatoms. The molecular weight excluding hydrogens is 228 g/mol. The van der Waals surface area contributed by atoms with E-state index in [-0.39, 0.29) is 0 Å². The Bertz CT molecular complexity index is 566. The molecule has 0 aliphatic rings. The summed E-state index contributed by atoms with van der Waals surface area (Å²) in [5, 5.41) is 16.4. The van der Waals surface area contributed by atoms with E-state index in [0.717, 1.165) is 11.4 Å². The number of rotatable bonds is 4. The Morgan fingerprint density at radius 2 is 2.00 bits per heavy atom. The summed E-state index contributed by atoms with van der Waals surface area (Å²) in [5.74, 6) is 0.832. The summed E-state index contributed by atoms with van der Waals surface area (Å²) in [7, 11) is 0. The number of hydrogen-bond acceptors (Lipinski definition) is 4. The molecule has 2 aromatic rings. The van der Waals surface area contributed by atoms with E-state index < -0.39 is 0 Å². The second-order valence-electron chi connectivity index (χ2n) is 4.02. The van der Waals surface area contributed by atoms with Gasteiger partial charge in [0, 0.05) is 0 Å². The predicted molar refractivity (Wildman–Crippen MR) is 66.1 cm³/mol. The van der Waals surface area contributed by atoms with Crippen molar-refractivity contribution in [3.05, 3.63) is 41.2 Å². The van der Waals surface area contributed by atoms with Crippen LogP contribution < -0.4 is 4.74 Å². The van der Waals surface area contributed by atoms with E-state index in [4.69, 9.17) is 10.00 Å². The number of nitrogens with zero attached hydrogens (tertiary/aromatic N) is 4. The van der Waals surface area contributed by atoms with E-state index in [1.807, 2.05) is 44.2 Å². The van der Waals surface area contributed by atoms with Gasteiger partial charge < -0.3 is 4.74 Å². The van der Waals surface area contributed by atoms with Gasteiger partial charge >= 0.3 is 0 Å². The lowest BCUT2D eigenvalue weighted by Gasteiger charge is -2.07. The van der Waals surface area contributed by atoms with E-state index in [1.165, 1.54) is 5.56 Å². The Hall–Kier alpha value is -2.35. The van der Waals surface area contributed by atoms with Crippen molar-refractivity contribution in [3.8, 4) is 11.8 Å². The van der Waals surface area contributed by atoms with E-state index in [0.29, 0.717) is 18.8 Å². The lowest BCUT2D eigenvalue weighted by molar-refractivity contribution is 0.288. The second-order valence-corrected chi connectivity index (χ2v) is 4.02. The third kappa shape index (κ3) is 2.66. The van der Waals surface area contributed by atoms with Gasteiger partial charge in [0.25, 0.3) is 0 Å². The lowest BCUT2D eigenvalue weighted by Crippen LogP contribution is -2.11. The molecule has 1 aromatic heterocycles. The molecule has 0 unspecified atom stereocenters. The fourth-order valence-electron chi connectivity index (χ4n) is 1.56. The predicted octanol–water partition coefficient (Wildman–Crippen LogP) is 1.85. The summed E-state index contributed by atoms with van der Waals surface area (Å²) < 4.78 is 7.26. The van der Waals surface area contributed by atoms with E-state index in [1.54, 1.807) is 4.68 Å². The molecule has 0 aliphatic carbocycles. The second kappa shape index (κ2) is 5.32. The number of ether oxygens (including phenoxy) is 1. The van der Waals surface area contributed by atoms with Crippen molar-refractivity contribution in [2.75, 3.05) is 6.61 Å². The van der Waals surface area contributed by atoms with Crippen molar-refractivity contribution in [3.63, 3.8) is 0 Å². The third-order valence-electron chi connectivity index (χ3n) is 2.68. The van der Waals surface area contributed by atoms with E-state index in [2.05, 4.69) is 10.3 Å². The molecule has 92 valence electrons. The molecule has 0 atom stereocenters. The van der Waals surface area contributed by atoms with Crippen LogP contribution in [0.3, 0.4) is 0 Å². The van der Waals surface area contributed by atoms with E-state index >= 15 is 0 Å². The highest BCUT2D eigenvalue weighted by molar-refractivity contribution is 5.26. The molecule has 5 nitrogen and oxygen atoms in total. The fourth-order valence-corrected chi connectivity index (χ4v) is 1.56. The van der Waals surface area contributed by atoms with Crippen LogP contribution in [0.2, 0.25) is 0 Å². The molecule has 18 heavy (non-hydrogen) atoms. The van der Waals surface area contributed by atoms with Crippen molar-refractivity contribution in [1.82, 2.24) is 15.0 Å². The standard InChI is InChI=1S/C13H14N4O/c1-10-3-5-12(6-4-10)18-8-7-17-11(2)13(9-14)15-16-17/h3-6H,7-8H2,1-2H3. The van der Waals surface area contributed by atoms with Gasteiger partial charge in [0.1, 0.15) is 18.4 Å². The molecule has 1 aromatic carbocycles. The Kier molecular flexibility index (Phi) is 3.58. The number of hydrogen-bond donors (Lipinski definition) is 0. The quantitative estimate of drug-likeness (QED) is 0.820. The Morgan fingerprint density at radius 1 is 1.28 bits per heavy atom. The molecule has 0 fully saturated rings. The SMILES string of the molecule is Cc1ccc(OCCn2nnc(C#N)c2C)cc1. The first-order chi connectivity index (χ1) is 8.70. The van der Waals surface area contributed by atoms with Gasteiger partial charge in [-0.25, -0.2) is 4.68 Å². The zero-order valence-corrected chi connectivity index (χ0v) is 10.4. The Morgan fingerprint density at radius 3 is 2.61 bits per heavy atom. The van der Waals surface area contributed by atoms with E-state index in [9.17, 15) is 0 Å². The van der Waals surface area contributed by atoms with Crippen LogP contribution in [0.4, 0.5) is 0 Å². The highest BCUT2D eigenvalue weighted by Gasteiger charge is 2.06. The molecule has 0 bridgehead atoms. The molecule has 2 rings (SSSR count). The molecule has 0 aliphatic heterocycles. The monoisotopic (exact) mass is 242 g/mol. The maximum absolute atomic E-state index is 8.76. The molecule has 0 saturated carbocycles. The van der Waals surface area contributed by atoms with Gasteiger partial charge in [-0.2, -0.15) is 5.26 Å². The van der Waals surface area contributed by atoms with Crippen molar-refractivity contribution in [2.45, 2.75) is 20.4 Å². The highest BCUT2D eigenvalue weighted by atomic mass is 16.5. The largest absolute Gasteiger partial charge is 0.492 e. The first-order valence-electron chi connectivity index (χ1n) is 5.70. The number of aryl methyl sites for hydroxylation is 1. The van der Waals surface area contributed by atoms with Crippen LogP contribution in [0.1, 0.15) is 17.0 Å². The normalized spacial score (nSPS) is 10.1. The summed E-state index contributed by atoms with van der Waals surface area (Å²) in [6.07, 6.45) is 0. The average Bonchev–Trinajstić information content (AvgIpc) is 2.73. The molecule has 1 heterocycles. The summed E-state index contributed by atoms with van der Waals surface area (Å²) in [4.78, 5) is 0. The minimum Gasteiger partial charge on any atom is -0.492 e. The minimum atomic E-state index is 0.366. The van der Waals surface area contributed by atoms with Crippen molar-refractivity contribution in [2.24, 2.45) is 0 Å². The smallest absolute Gasteiger partial charge is 0.185 e. The fraction of sp³-hybridized carbons (Fsp3) is 0.308. The maximum atomic E-state index is 8.76. The first-order valence-corrected chi connectivity index (χ1v) is 5.70. The molecule has 0 saturated heterocycles. The van der Waals surface area contributed by atoms with Crippen LogP contribution in [0, 0.1) is 25.2 Å². The average molecular weight is 242 g/mol. The molecular formula is C13H14N4O. The highest BCUT2D eigenvalue weighted by Crippen LogP contribution is 2.11. The van der Waals surface area contributed by atoms with Gasteiger partial charge in [-0.15, -0.1) is 5.10 Å². The van der Waals surface area contributed by atoms with Gasteiger partial charge in [-0.05, 0) is 26.0 Å². The van der Waals surface area contributed by atoms with Crippen molar-refractivity contribution < 1.29 is 4.74 Å². The third-order valence-corrected chi connectivity index (χ3v) is 2.68. The first kappa shape index (κ1) is 12.1. The topological polar surface area (TPSA) is 63.7 Å². The number of aromatic nitrogens is 3. The van der Waals surface area contributed by atoms with Crippen molar-refractivity contribution >= 4 is 0 Å². The van der Waals surface area contributed by atoms with Gasteiger partial charge in [-0.1, -0.05) is 22.9 Å². The summed E-state index contributed by atoms with van der Waals surface area (Å²) >= 11 is 0. The lowest BCUT2D eigenvalue weighted by atomic mass is 10.2. The van der Waals surface area contributed by atoms with Crippen LogP contribution >= 0.6 is 0 Å². The summed E-state index contributed by atoms with van der Waals surface area (Å²) in [5.41, 5.74) is 2.34. The van der Waals surface area contributed by atoms with Crippen molar-refractivity contribution in [1.29, 1.82) is 5.26 Å². The number of benzene rings is 1. The molecule has 0 spiro atoms.